The maximum atomic E-state index is 5.13. The molecule has 1 aliphatic rings. The largest absolute Gasteiger partial charge is 0.259 e. The van der Waals surface area contributed by atoms with Crippen LogP contribution in [0.3, 0.4) is 0 Å². The number of nitrogens with zero attached hydrogens (tertiary/aromatic N) is 5. The van der Waals surface area contributed by atoms with Crippen molar-refractivity contribution in [2.45, 2.75) is 31.3 Å². The number of pyridine rings is 1. The van der Waals surface area contributed by atoms with Gasteiger partial charge >= 0.3 is 0 Å². The van der Waals surface area contributed by atoms with Gasteiger partial charge in [0.1, 0.15) is 15.9 Å². The Balaban J connectivity index is 1.61. The van der Waals surface area contributed by atoms with Crippen LogP contribution in [0.15, 0.2) is 54.0 Å². The van der Waals surface area contributed by atoms with E-state index in [1.807, 2.05) is 17.7 Å². The number of benzene rings is 1. The topological polar surface area (TPSA) is 56.0 Å². The molecule has 0 amide bonds. The molecule has 0 saturated carbocycles. The summed E-state index contributed by atoms with van der Waals surface area (Å²) in [5, 5.41) is 11.0. The molecule has 6 rings (SSSR count). The third kappa shape index (κ3) is 2.69. The lowest BCUT2D eigenvalue weighted by Gasteiger charge is -2.09. The zero-order valence-electron chi connectivity index (χ0n) is 16.6. The van der Waals surface area contributed by atoms with E-state index in [1.54, 1.807) is 23.1 Å². The van der Waals surface area contributed by atoms with Gasteiger partial charge in [0.25, 0.3) is 0 Å². The summed E-state index contributed by atoms with van der Waals surface area (Å²) in [6, 6.07) is 10.5. The zero-order chi connectivity index (χ0) is 20.2. The predicted molar refractivity (Wildman–Crippen MR) is 124 cm³/mol. The van der Waals surface area contributed by atoms with E-state index >= 15 is 0 Å². The van der Waals surface area contributed by atoms with Crippen molar-refractivity contribution in [1.29, 1.82) is 0 Å². The first-order valence-corrected chi connectivity index (χ1v) is 11.8. The second-order valence-corrected chi connectivity index (χ2v) is 9.71. The van der Waals surface area contributed by atoms with E-state index in [2.05, 4.69) is 47.1 Å². The summed E-state index contributed by atoms with van der Waals surface area (Å²) in [6.07, 6.45) is 5.19. The summed E-state index contributed by atoms with van der Waals surface area (Å²) in [5.74, 6) is 0.820. The number of hydrogen-bond acceptors (Lipinski definition) is 6. The highest BCUT2D eigenvalue weighted by atomic mass is 32.2. The quantitative estimate of drug-likeness (QED) is 0.270. The molecule has 5 nitrogen and oxygen atoms in total. The summed E-state index contributed by atoms with van der Waals surface area (Å²) in [7, 11) is 0. The lowest BCUT2D eigenvalue weighted by atomic mass is 10.0. The number of rotatable bonds is 4. The molecule has 0 radical (unpaired) electrons. The van der Waals surface area contributed by atoms with Gasteiger partial charge in [-0.25, -0.2) is 9.97 Å². The van der Waals surface area contributed by atoms with Crippen LogP contribution in [0.1, 0.15) is 24.5 Å². The molecule has 4 heterocycles. The maximum Gasteiger partial charge on any atom is 0.197 e. The summed E-state index contributed by atoms with van der Waals surface area (Å²) < 4.78 is 3.05. The Morgan fingerprint density at radius 2 is 2.00 bits per heavy atom. The van der Waals surface area contributed by atoms with Gasteiger partial charge in [0, 0.05) is 16.7 Å². The summed E-state index contributed by atoms with van der Waals surface area (Å²) in [4.78, 5) is 11.0. The number of aromatic nitrogens is 5. The van der Waals surface area contributed by atoms with E-state index in [0.717, 1.165) is 55.7 Å². The minimum Gasteiger partial charge on any atom is -0.259 e. The van der Waals surface area contributed by atoms with Crippen molar-refractivity contribution in [3.8, 4) is 11.3 Å². The smallest absolute Gasteiger partial charge is 0.197 e. The van der Waals surface area contributed by atoms with Crippen LogP contribution >= 0.6 is 23.1 Å². The molecular weight excluding hydrogens is 410 g/mol. The number of fused-ring (bicyclic) bond motifs is 7. The number of thioether (sulfide) groups is 1. The third-order valence-corrected chi connectivity index (χ3v) is 7.79. The maximum absolute atomic E-state index is 5.13. The fourth-order valence-electron chi connectivity index (χ4n) is 4.26. The van der Waals surface area contributed by atoms with Crippen molar-refractivity contribution < 1.29 is 0 Å². The third-order valence-electron chi connectivity index (χ3n) is 5.55. The summed E-state index contributed by atoms with van der Waals surface area (Å²) >= 11 is 3.32. The van der Waals surface area contributed by atoms with Crippen molar-refractivity contribution in [3.05, 3.63) is 59.9 Å². The number of thiophene rings is 1. The molecule has 0 N–H and O–H groups in total. The Hall–Kier alpha value is -2.77. The Morgan fingerprint density at radius 3 is 2.83 bits per heavy atom. The van der Waals surface area contributed by atoms with Gasteiger partial charge in [-0.15, -0.1) is 21.5 Å². The number of hydrogen-bond donors (Lipinski definition) is 0. The summed E-state index contributed by atoms with van der Waals surface area (Å²) in [6.45, 7) is 6.00. The average molecular weight is 430 g/mol. The molecule has 0 saturated heterocycles. The molecule has 1 aliphatic carbocycles. The average Bonchev–Trinajstić information content (AvgIpc) is 3.47. The Morgan fingerprint density at radius 1 is 1.17 bits per heavy atom. The van der Waals surface area contributed by atoms with Crippen LogP contribution in [0, 0.1) is 0 Å². The van der Waals surface area contributed by atoms with Gasteiger partial charge in [-0.2, -0.15) is 0 Å². The Bertz CT molecular complexity index is 1450. The van der Waals surface area contributed by atoms with Gasteiger partial charge in [0.2, 0.25) is 0 Å². The van der Waals surface area contributed by atoms with E-state index in [0.29, 0.717) is 0 Å². The minimum absolute atomic E-state index is 0.820. The molecule has 0 spiro atoms. The molecule has 0 aliphatic heterocycles. The SMILES string of the molecule is C=C(C)CSc1nnc2c3sc4nc(-c5ccccc5)c5c(c4c3ncn12)CCC5. The second-order valence-electron chi connectivity index (χ2n) is 7.76. The van der Waals surface area contributed by atoms with Crippen LogP contribution < -0.4 is 0 Å². The van der Waals surface area contributed by atoms with Crippen molar-refractivity contribution in [2.75, 3.05) is 5.75 Å². The van der Waals surface area contributed by atoms with Crippen LogP contribution in [0.5, 0.6) is 0 Å². The van der Waals surface area contributed by atoms with Crippen molar-refractivity contribution >= 4 is 49.2 Å². The first-order valence-electron chi connectivity index (χ1n) is 10.0. The van der Waals surface area contributed by atoms with Crippen LogP contribution in [0.25, 0.3) is 37.3 Å². The standard InChI is InChI=1S/C23H19N5S2/c1-13(2)11-29-23-27-26-21-20-19(24-12-28(21)23)17-15-9-6-10-16(15)18(25-22(17)30-20)14-7-4-3-5-8-14/h3-5,7-8,12H,1,6,9-11H2,2H3. The lowest BCUT2D eigenvalue weighted by Crippen LogP contribution is -1.95. The molecule has 30 heavy (non-hydrogen) atoms. The molecule has 5 aromatic rings. The minimum atomic E-state index is 0.820. The molecule has 4 aromatic heterocycles. The highest BCUT2D eigenvalue weighted by Gasteiger charge is 2.25. The van der Waals surface area contributed by atoms with Gasteiger partial charge in [-0.1, -0.05) is 54.2 Å². The van der Waals surface area contributed by atoms with Crippen molar-refractivity contribution in [1.82, 2.24) is 24.6 Å². The zero-order valence-corrected chi connectivity index (χ0v) is 18.2. The fourth-order valence-corrected chi connectivity index (χ4v) is 6.14. The van der Waals surface area contributed by atoms with Crippen molar-refractivity contribution in [2.24, 2.45) is 0 Å². The Kier molecular flexibility index (Phi) is 4.14. The monoisotopic (exact) mass is 429 g/mol. The van der Waals surface area contributed by atoms with Crippen LogP contribution in [-0.4, -0.2) is 30.3 Å². The highest BCUT2D eigenvalue weighted by molar-refractivity contribution is 7.99. The van der Waals surface area contributed by atoms with Gasteiger partial charge < -0.3 is 0 Å². The molecule has 148 valence electrons. The first kappa shape index (κ1) is 18.0. The first-order chi connectivity index (χ1) is 14.7. The lowest BCUT2D eigenvalue weighted by molar-refractivity contribution is 0.908. The van der Waals surface area contributed by atoms with Crippen LogP contribution in [0.4, 0.5) is 0 Å². The van der Waals surface area contributed by atoms with Crippen LogP contribution in [-0.2, 0) is 12.8 Å². The molecule has 7 heteroatoms. The normalized spacial score (nSPS) is 13.5. The highest BCUT2D eigenvalue weighted by Crippen LogP contribution is 2.42. The van der Waals surface area contributed by atoms with E-state index in [9.17, 15) is 0 Å². The second kappa shape index (κ2) is 6.89. The Labute approximate surface area is 181 Å². The molecule has 1 aromatic carbocycles. The summed E-state index contributed by atoms with van der Waals surface area (Å²) in [5.41, 5.74) is 8.09. The van der Waals surface area contributed by atoms with Gasteiger partial charge in [-0.05, 0) is 37.3 Å². The van der Waals surface area contributed by atoms with Gasteiger partial charge in [0.05, 0.1) is 11.2 Å². The van der Waals surface area contributed by atoms with E-state index < -0.39 is 0 Å². The molecule has 0 unspecified atom stereocenters. The number of aryl methyl sites for hydroxylation is 1. The van der Waals surface area contributed by atoms with Gasteiger partial charge in [-0.3, -0.25) is 4.40 Å². The van der Waals surface area contributed by atoms with Crippen molar-refractivity contribution in [3.63, 3.8) is 0 Å². The molecular formula is C23H19N5S2. The van der Waals surface area contributed by atoms with E-state index in [4.69, 9.17) is 9.97 Å². The van der Waals surface area contributed by atoms with Gasteiger partial charge in [0.15, 0.2) is 10.8 Å². The molecule has 0 bridgehead atoms. The molecule has 0 atom stereocenters. The molecule has 0 fully saturated rings. The van der Waals surface area contributed by atoms with E-state index in [-0.39, 0.29) is 0 Å². The van der Waals surface area contributed by atoms with E-state index in [1.165, 1.54) is 28.5 Å². The predicted octanol–water partition coefficient (Wildman–Crippen LogP) is 5.71. The fraction of sp³-hybridized carbons (Fsp3) is 0.217. The van der Waals surface area contributed by atoms with Crippen LogP contribution in [0.2, 0.25) is 0 Å².